The maximum atomic E-state index is 12.4. The second-order valence-electron chi connectivity index (χ2n) is 5.30. The van der Waals surface area contributed by atoms with Gasteiger partial charge in [-0.15, -0.1) is 0 Å². The molecule has 1 aliphatic carbocycles. The summed E-state index contributed by atoms with van der Waals surface area (Å²) in [6.07, 6.45) is 3.13. The molecule has 108 valence electrons. The third kappa shape index (κ3) is 2.58. The molecule has 2 atom stereocenters. The smallest absolute Gasteiger partial charge is 0.255 e. The highest BCUT2D eigenvalue weighted by atomic mass is 16.5. The molecule has 0 bridgehead atoms. The lowest BCUT2D eigenvalue weighted by Crippen LogP contribution is -2.34. The van der Waals surface area contributed by atoms with Gasteiger partial charge in [-0.3, -0.25) is 4.79 Å². The van der Waals surface area contributed by atoms with Gasteiger partial charge in [0.25, 0.3) is 5.91 Å². The minimum atomic E-state index is -0.0627. The Bertz CT molecular complexity index is 504. The molecule has 1 aromatic carbocycles. The highest BCUT2D eigenvalue weighted by molar-refractivity contribution is 5.99. The van der Waals surface area contributed by atoms with Crippen LogP contribution in [0.4, 0.5) is 5.69 Å². The average Bonchev–Trinajstić information content (AvgIpc) is 2.94. The van der Waals surface area contributed by atoms with Crippen molar-refractivity contribution in [2.75, 3.05) is 25.6 Å². The molecule has 5 nitrogen and oxygen atoms in total. The van der Waals surface area contributed by atoms with Gasteiger partial charge in [-0.05, 0) is 31.4 Å². The number of rotatable bonds is 3. The van der Waals surface area contributed by atoms with Crippen LogP contribution in [0, 0.1) is 0 Å². The van der Waals surface area contributed by atoms with Crippen LogP contribution < -0.4 is 15.4 Å². The molecule has 1 aliphatic heterocycles. The van der Waals surface area contributed by atoms with Gasteiger partial charge in [0.15, 0.2) is 5.75 Å². The van der Waals surface area contributed by atoms with Crippen LogP contribution in [0.25, 0.3) is 0 Å². The molecule has 2 N–H and O–H groups in total. The molecule has 1 amide bonds. The van der Waals surface area contributed by atoms with Crippen LogP contribution in [0.2, 0.25) is 0 Å². The van der Waals surface area contributed by atoms with E-state index in [4.69, 9.17) is 9.47 Å². The lowest BCUT2D eigenvalue weighted by Gasteiger charge is -2.22. The summed E-state index contributed by atoms with van der Waals surface area (Å²) in [7, 11) is 1.72. The van der Waals surface area contributed by atoms with E-state index in [1.165, 1.54) is 0 Å². The third-order valence-electron chi connectivity index (χ3n) is 3.98. The number of hydrogen-bond donors (Lipinski definition) is 2. The normalized spacial score (nSPS) is 24.4. The fourth-order valence-electron chi connectivity index (χ4n) is 2.90. The van der Waals surface area contributed by atoms with Gasteiger partial charge in [0.1, 0.15) is 6.61 Å². The zero-order valence-electron chi connectivity index (χ0n) is 11.6. The zero-order valence-corrected chi connectivity index (χ0v) is 11.6. The summed E-state index contributed by atoms with van der Waals surface area (Å²) >= 11 is 0. The fraction of sp³-hybridized carbons (Fsp3) is 0.533. The Labute approximate surface area is 118 Å². The summed E-state index contributed by atoms with van der Waals surface area (Å²) in [5.74, 6) is 0.602. The highest BCUT2D eigenvalue weighted by Gasteiger charge is 2.27. The topological polar surface area (TPSA) is 59.6 Å². The van der Waals surface area contributed by atoms with E-state index in [0.29, 0.717) is 17.9 Å². The number of benzene rings is 1. The molecule has 1 heterocycles. The lowest BCUT2D eigenvalue weighted by atomic mass is 10.1. The summed E-state index contributed by atoms with van der Waals surface area (Å²) < 4.78 is 11.0. The summed E-state index contributed by atoms with van der Waals surface area (Å²) in [5.41, 5.74) is 1.50. The number of carbonyl (C=O) groups is 1. The molecule has 3 rings (SSSR count). The quantitative estimate of drug-likeness (QED) is 0.883. The second kappa shape index (κ2) is 5.71. The molecular formula is C15H20N2O3. The molecule has 1 saturated carbocycles. The highest BCUT2D eigenvalue weighted by Crippen LogP contribution is 2.31. The average molecular weight is 276 g/mol. The largest absolute Gasteiger partial charge is 0.489 e. The van der Waals surface area contributed by atoms with Gasteiger partial charge in [-0.1, -0.05) is 6.07 Å². The Kier molecular flexibility index (Phi) is 3.78. The van der Waals surface area contributed by atoms with E-state index >= 15 is 0 Å². The van der Waals surface area contributed by atoms with E-state index in [0.717, 1.165) is 31.5 Å². The second-order valence-corrected chi connectivity index (χ2v) is 5.30. The maximum Gasteiger partial charge on any atom is 0.255 e. The molecule has 2 aliphatic rings. The van der Waals surface area contributed by atoms with Crippen LogP contribution in [-0.2, 0) is 4.74 Å². The first kappa shape index (κ1) is 13.2. The first-order valence-corrected chi connectivity index (χ1v) is 7.11. The van der Waals surface area contributed by atoms with Crippen molar-refractivity contribution in [2.45, 2.75) is 31.4 Å². The van der Waals surface area contributed by atoms with E-state index < -0.39 is 0 Å². The van der Waals surface area contributed by atoms with Crippen LogP contribution in [0.15, 0.2) is 18.2 Å². The number of methoxy groups -OCH3 is 1. The minimum absolute atomic E-state index is 0.0627. The SMILES string of the molecule is COC1CCC(NC(=O)c2cccc3c2OCCN3)C1. The molecule has 0 radical (unpaired) electrons. The van der Waals surface area contributed by atoms with Crippen LogP contribution in [0.5, 0.6) is 5.75 Å². The van der Waals surface area contributed by atoms with Gasteiger partial charge in [0.05, 0.1) is 17.4 Å². The van der Waals surface area contributed by atoms with Gasteiger partial charge in [0, 0.05) is 19.7 Å². The number of ether oxygens (including phenoxy) is 2. The Morgan fingerprint density at radius 3 is 3.15 bits per heavy atom. The van der Waals surface area contributed by atoms with Crippen molar-refractivity contribution in [2.24, 2.45) is 0 Å². The van der Waals surface area contributed by atoms with Gasteiger partial charge < -0.3 is 20.1 Å². The number of hydrogen-bond acceptors (Lipinski definition) is 4. The molecule has 0 spiro atoms. The van der Waals surface area contributed by atoms with Crippen molar-refractivity contribution in [1.29, 1.82) is 0 Å². The summed E-state index contributed by atoms with van der Waals surface area (Å²) in [6, 6.07) is 5.81. The van der Waals surface area contributed by atoms with Gasteiger partial charge in [0.2, 0.25) is 0 Å². The Morgan fingerprint density at radius 2 is 2.35 bits per heavy atom. The molecule has 5 heteroatoms. The van der Waals surface area contributed by atoms with Crippen molar-refractivity contribution >= 4 is 11.6 Å². The van der Waals surface area contributed by atoms with Crippen molar-refractivity contribution < 1.29 is 14.3 Å². The predicted molar refractivity (Wildman–Crippen MR) is 76.3 cm³/mol. The molecule has 1 aromatic rings. The number of nitrogens with one attached hydrogen (secondary N) is 2. The summed E-state index contributed by atoms with van der Waals surface area (Å²) in [5, 5.41) is 6.33. The molecule has 0 saturated heterocycles. The summed E-state index contributed by atoms with van der Waals surface area (Å²) in [6.45, 7) is 1.36. The molecular weight excluding hydrogens is 256 g/mol. The molecule has 2 unspecified atom stereocenters. The zero-order chi connectivity index (χ0) is 13.9. The van der Waals surface area contributed by atoms with Gasteiger partial charge in [-0.25, -0.2) is 0 Å². The summed E-state index contributed by atoms with van der Waals surface area (Å²) in [4.78, 5) is 12.4. The number of amides is 1. The first-order chi connectivity index (χ1) is 9.78. The van der Waals surface area contributed by atoms with Crippen molar-refractivity contribution in [3.05, 3.63) is 23.8 Å². The van der Waals surface area contributed by atoms with E-state index in [1.54, 1.807) is 7.11 Å². The van der Waals surface area contributed by atoms with Crippen LogP contribution >= 0.6 is 0 Å². The third-order valence-corrected chi connectivity index (χ3v) is 3.98. The number of para-hydroxylation sites is 1. The standard InChI is InChI=1S/C15H20N2O3/c1-19-11-6-5-10(9-11)17-15(18)12-3-2-4-13-14(12)20-8-7-16-13/h2-4,10-11,16H,5-9H2,1H3,(H,17,18). The molecule has 20 heavy (non-hydrogen) atoms. The maximum absolute atomic E-state index is 12.4. The monoisotopic (exact) mass is 276 g/mol. The Hall–Kier alpha value is -1.75. The van der Waals surface area contributed by atoms with Gasteiger partial charge >= 0.3 is 0 Å². The van der Waals surface area contributed by atoms with Crippen LogP contribution in [-0.4, -0.2) is 38.3 Å². The molecule has 0 aromatic heterocycles. The van der Waals surface area contributed by atoms with Crippen molar-refractivity contribution in [3.8, 4) is 5.75 Å². The van der Waals surface area contributed by atoms with Crippen LogP contribution in [0.1, 0.15) is 29.6 Å². The van der Waals surface area contributed by atoms with E-state index in [9.17, 15) is 4.79 Å². The van der Waals surface area contributed by atoms with Gasteiger partial charge in [-0.2, -0.15) is 0 Å². The molecule has 1 fully saturated rings. The fourth-order valence-corrected chi connectivity index (χ4v) is 2.90. The lowest BCUT2D eigenvalue weighted by molar-refractivity contribution is 0.0911. The number of anilines is 1. The van der Waals surface area contributed by atoms with Crippen molar-refractivity contribution in [1.82, 2.24) is 5.32 Å². The Morgan fingerprint density at radius 1 is 1.45 bits per heavy atom. The Balaban J connectivity index is 1.71. The predicted octanol–water partition coefficient (Wildman–Crippen LogP) is 1.79. The van der Waals surface area contributed by atoms with E-state index in [2.05, 4.69) is 10.6 Å². The number of fused-ring (bicyclic) bond motifs is 1. The van der Waals surface area contributed by atoms with E-state index in [-0.39, 0.29) is 18.1 Å². The first-order valence-electron chi connectivity index (χ1n) is 7.11. The number of carbonyl (C=O) groups excluding carboxylic acids is 1. The minimum Gasteiger partial charge on any atom is -0.489 e. The van der Waals surface area contributed by atoms with Crippen LogP contribution in [0.3, 0.4) is 0 Å². The van der Waals surface area contributed by atoms with Crippen molar-refractivity contribution in [3.63, 3.8) is 0 Å². The van der Waals surface area contributed by atoms with E-state index in [1.807, 2.05) is 18.2 Å².